The molecule has 9 nitrogen and oxygen atoms in total. The smallest absolute Gasteiger partial charge is 0.111 e. The predicted molar refractivity (Wildman–Crippen MR) is 124 cm³/mol. The number of rotatable bonds is 3. The summed E-state index contributed by atoms with van der Waals surface area (Å²) in [5.74, 6) is -1.06. The van der Waals surface area contributed by atoms with Crippen molar-refractivity contribution in [3.8, 4) is 0 Å². The quantitative estimate of drug-likeness (QED) is 0.229. The molecular weight excluding hydrogens is 456 g/mol. The molecule has 1 heterocycles. The van der Waals surface area contributed by atoms with E-state index in [1.165, 1.54) is 0 Å². The standard InChI is InChI=1S/C26H42O9/c1-11-18-12(28)7-16-25(3)6-4-5-24(2,9-13-19(30)21(32)20(31)14(10-27)35-13)15(25)8-17(29)26(16,22(11)33)23(18)34/h12-23,27-34H,1,4-10H2,2-3H3/t12-,13-,14+,15-,16+,17+,18-,19-,20+,21+,22+,23+,24-,25-,26+/m0/s1. The van der Waals surface area contributed by atoms with E-state index in [9.17, 15) is 40.9 Å². The molecule has 1 spiro atoms. The first-order valence-electron chi connectivity index (χ1n) is 13.1. The lowest BCUT2D eigenvalue weighted by atomic mass is 9.39. The summed E-state index contributed by atoms with van der Waals surface area (Å²) < 4.78 is 5.85. The van der Waals surface area contributed by atoms with E-state index in [2.05, 4.69) is 20.4 Å². The zero-order valence-electron chi connectivity index (χ0n) is 20.6. The zero-order valence-corrected chi connectivity index (χ0v) is 20.6. The van der Waals surface area contributed by atoms with E-state index >= 15 is 0 Å². The van der Waals surface area contributed by atoms with Crippen LogP contribution in [0.4, 0.5) is 0 Å². The molecule has 0 amide bonds. The Morgan fingerprint density at radius 3 is 2.20 bits per heavy atom. The van der Waals surface area contributed by atoms with Crippen molar-refractivity contribution in [3.63, 3.8) is 0 Å². The molecule has 0 aromatic rings. The second kappa shape index (κ2) is 8.44. The monoisotopic (exact) mass is 498 g/mol. The topological polar surface area (TPSA) is 171 Å². The van der Waals surface area contributed by atoms with Crippen LogP contribution in [-0.4, -0.2) is 102 Å². The molecule has 9 heteroatoms. The van der Waals surface area contributed by atoms with Gasteiger partial charge in [-0.1, -0.05) is 26.8 Å². The Morgan fingerprint density at radius 1 is 0.886 bits per heavy atom. The van der Waals surface area contributed by atoms with Crippen LogP contribution in [0.1, 0.15) is 52.4 Å². The van der Waals surface area contributed by atoms with Crippen LogP contribution in [0.3, 0.4) is 0 Å². The fourth-order valence-electron chi connectivity index (χ4n) is 9.54. The molecule has 0 radical (unpaired) electrons. The second-order valence-electron chi connectivity index (χ2n) is 12.7. The lowest BCUT2D eigenvalue weighted by Gasteiger charge is -2.67. The van der Waals surface area contributed by atoms with Crippen molar-refractivity contribution in [3.05, 3.63) is 12.2 Å². The summed E-state index contributed by atoms with van der Waals surface area (Å²) in [4.78, 5) is 0. The minimum absolute atomic E-state index is 0.0706. The van der Waals surface area contributed by atoms with Crippen molar-refractivity contribution in [2.75, 3.05) is 6.61 Å². The largest absolute Gasteiger partial charge is 0.394 e. The van der Waals surface area contributed by atoms with Crippen LogP contribution in [0.5, 0.6) is 0 Å². The molecule has 200 valence electrons. The van der Waals surface area contributed by atoms with Gasteiger partial charge in [-0.15, -0.1) is 0 Å². The van der Waals surface area contributed by atoms with Gasteiger partial charge in [-0.25, -0.2) is 0 Å². The zero-order chi connectivity index (χ0) is 25.7. The van der Waals surface area contributed by atoms with Crippen molar-refractivity contribution in [1.29, 1.82) is 0 Å². The van der Waals surface area contributed by atoms with Gasteiger partial charge in [0.05, 0.1) is 42.5 Å². The Hall–Kier alpha value is -0.620. The van der Waals surface area contributed by atoms with Gasteiger partial charge < -0.3 is 45.6 Å². The normalized spacial score (nSPS) is 60.2. The van der Waals surface area contributed by atoms with E-state index in [-0.39, 0.29) is 11.8 Å². The molecule has 1 saturated heterocycles. The van der Waals surface area contributed by atoms with Gasteiger partial charge in [-0.05, 0) is 60.3 Å². The van der Waals surface area contributed by atoms with Crippen LogP contribution in [0, 0.1) is 34.0 Å². The molecule has 15 atom stereocenters. The van der Waals surface area contributed by atoms with Gasteiger partial charge in [0.2, 0.25) is 0 Å². The van der Waals surface area contributed by atoms with Crippen molar-refractivity contribution in [1.82, 2.24) is 0 Å². The molecule has 4 saturated carbocycles. The van der Waals surface area contributed by atoms with Crippen LogP contribution in [0.15, 0.2) is 12.2 Å². The van der Waals surface area contributed by atoms with E-state index in [4.69, 9.17) is 4.74 Å². The average Bonchev–Trinajstić information content (AvgIpc) is 2.93. The minimum Gasteiger partial charge on any atom is -0.394 e. The summed E-state index contributed by atoms with van der Waals surface area (Å²) in [6.45, 7) is 7.71. The second-order valence-corrected chi connectivity index (χ2v) is 12.7. The van der Waals surface area contributed by atoms with Crippen molar-refractivity contribution in [2.45, 2.75) is 107 Å². The molecule has 1 aliphatic heterocycles. The molecule has 8 N–H and O–H groups in total. The van der Waals surface area contributed by atoms with Crippen molar-refractivity contribution >= 4 is 0 Å². The molecular formula is C26H42O9. The number of hydrogen-bond donors (Lipinski definition) is 8. The fourth-order valence-corrected chi connectivity index (χ4v) is 9.54. The SMILES string of the molecule is C=C1[C@@H]2[C@@H](O)[C@]3([C@H](O)C[C@H]4[C@](C)(C[C@@H]5O[C@H](CO)[C@@H](O)[C@H](O)[C@H]5O)CCC[C@]4(C)[C@H]3C[C@@H]2O)[C@@H]1O. The molecule has 5 aliphatic rings. The first-order valence-corrected chi connectivity index (χ1v) is 13.1. The molecule has 0 aromatic heterocycles. The van der Waals surface area contributed by atoms with Gasteiger partial charge in [0.15, 0.2) is 0 Å². The third-order valence-corrected chi connectivity index (χ3v) is 11.2. The van der Waals surface area contributed by atoms with E-state index in [1.807, 2.05) is 0 Å². The maximum atomic E-state index is 11.6. The summed E-state index contributed by atoms with van der Waals surface area (Å²) in [5.41, 5.74) is -1.63. The molecule has 0 aromatic carbocycles. The van der Waals surface area contributed by atoms with Gasteiger partial charge in [-0.3, -0.25) is 0 Å². The summed E-state index contributed by atoms with van der Waals surface area (Å²) in [6, 6.07) is 0. The van der Waals surface area contributed by atoms with Gasteiger partial charge in [0, 0.05) is 5.92 Å². The fraction of sp³-hybridized carbons (Fsp3) is 0.923. The van der Waals surface area contributed by atoms with Gasteiger partial charge in [0.1, 0.15) is 24.4 Å². The number of aliphatic hydroxyl groups is 8. The maximum absolute atomic E-state index is 11.6. The highest BCUT2D eigenvalue weighted by Gasteiger charge is 2.75. The van der Waals surface area contributed by atoms with Crippen LogP contribution in [0.2, 0.25) is 0 Å². The Bertz CT molecular complexity index is 851. The Labute approximate surface area is 206 Å². The van der Waals surface area contributed by atoms with Crippen molar-refractivity contribution in [2.24, 2.45) is 34.0 Å². The van der Waals surface area contributed by atoms with E-state index in [0.717, 1.165) is 19.3 Å². The van der Waals surface area contributed by atoms with Crippen LogP contribution >= 0.6 is 0 Å². The molecule has 5 rings (SSSR count). The Kier molecular flexibility index (Phi) is 6.27. The van der Waals surface area contributed by atoms with Crippen LogP contribution in [0.25, 0.3) is 0 Å². The molecule has 0 unspecified atom stereocenters. The Balaban J connectivity index is 1.50. The highest BCUT2D eigenvalue weighted by molar-refractivity contribution is 5.34. The first-order chi connectivity index (χ1) is 16.3. The van der Waals surface area contributed by atoms with Gasteiger partial charge in [0.25, 0.3) is 0 Å². The number of aliphatic hydroxyl groups excluding tert-OH is 8. The highest BCUT2D eigenvalue weighted by atomic mass is 16.5. The first kappa shape index (κ1) is 26.0. The minimum atomic E-state index is -1.44. The predicted octanol–water partition coefficient (Wildman–Crippen LogP) is -0.929. The van der Waals surface area contributed by atoms with Crippen LogP contribution in [-0.2, 0) is 4.74 Å². The summed E-state index contributed by atoms with van der Waals surface area (Å²) in [6.07, 6.45) is -6.51. The molecule has 2 bridgehead atoms. The summed E-state index contributed by atoms with van der Waals surface area (Å²) >= 11 is 0. The van der Waals surface area contributed by atoms with E-state index in [0.29, 0.717) is 24.8 Å². The van der Waals surface area contributed by atoms with E-state index < -0.39 is 83.7 Å². The molecule has 4 aliphatic carbocycles. The lowest BCUT2D eigenvalue weighted by Crippen LogP contribution is -2.69. The van der Waals surface area contributed by atoms with E-state index in [1.54, 1.807) is 0 Å². The third-order valence-electron chi connectivity index (χ3n) is 11.2. The summed E-state index contributed by atoms with van der Waals surface area (Å²) in [7, 11) is 0. The van der Waals surface area contributed by atoms with Gasteiger partial charge in [-0.2, -0.15) is 0 Å². The van der Waals surface area contributed by atoms with Crippen LogP contribution < -0.4 is 0 Å². The molecule has 35 heavy (non-hydrogen) atoms. The third kappa shape index (κ3) is 3.26. The lowest BCUT2D eigenvalue weighted by molar-refractivity contribution is -0.274. The number of hydrogen-bond acceptors (Lipinski definition) is 9. The number of ether oxygens (including phenoxy) is 1. The number of fused-ring (bicyclic) bond motifs is 3. The maximum Gasteiger partial charge on any atom is 0.111 e. The van der Waals surface area contributed by atoms with Gasteiger partial charge >= 0.3 is 0 Å². The summed E-state index contributed by atoms with van der Waals surface area (Å²) in [5, 5.41) is 86.0. The Morgan fingerprint density at radius 2 is 1.54 bits per heavy atom. The highest BCUT2D eigenvalue weighted by Crippen LogP contribution is 2.72. The molecule has 5 fully saturated rings. The average molecular weight is 499 g/mol. The van der Waals surface area contributed by atoms with Crippen molar-refractivity contribution < 1.29 is 45.6 Å².